The number of halogens is 1. The van der Waals surface area contributed by atoms with Crippen LogP contribution in [0.15, 0.2) is 18.2 Å². The zero-order valence-corrected chi connectivity index (χ0v) is 16.5. The Balaban J connectivity index is 1.36. The highest BCUT2D eigenvalue weighted by molar-refractivity contribution is 7.18. The average molecular weight is 405 g/mol. The molecule has 1 amide bonds. The number of amides is 1. The fourth-order valence-corrected chi connectivity index (χ4v) is 5.69. The lowest BCUT2D eigenvalue weighted by molar-refractivity contribution is -0.117. The summed E-state index contributed by atoms with van der Waals surface area (Å²) in [5, 5.41) is 13.9. The van der Waals surface area contributed by atoms with E-state index in [0.717, 1.165) is 46.3 Å². The molecule has 1 aromatic carbocycles. The lowest BCUT2D eigenvalue weighted by Crippen LogP contribution is -2.47. The molecule has 1 saturated carbocycles. The Labute approximate surface area is 166 Å². The second-order valence-electron chi connectivity index (χ2n) is 7.41. The summed E-state index contributed by atoms with van der Waals surface area (Å²) < 4.78 is 0. The number of carbonyl (C=O) groups excluding carboxylic acids is 1. The minimum Gasteiger partial charge on any atom is -0.356 e. The predicted octanol–water partition coefficient (Wildman–Crippen LogP) is 2.00. The number of hydrogen-bond donors (Lipinski definition) is 3. The van der Waals surface area contributed by atoms with E-state index in [1.54, 1.807) is 4.90 Å². The minimum atomic E-state index is 0.0471. The standard InChI is InChI=1S/C18H21ClN6OS/c1-25-14-4-2-3-9(10(14)7-15(25)26)17-23-24-18(27-17)21-13-6-5-12-11(16(13)19)8-20-22-12/h2-4,11-13,16,20,22H,5-8H2,1H3,(H,21,24). The van der Waals surface area contributed by atoms with Crippen molar-refractivity contribution in [3.63, 3.8) is 0 Å². The summed E-state index contributed by atoms with van der Waals surface area (Å²) >= 11 is 8.26. The maximum absolute atomic E-state index is 12.1. The summed E-state index contributed by atoms with van der Waals surface area (Å²) in [5.74, 6) is 0.532. The Kier molecular flexibility index (Phi) is 4.31. The van der Waals surface area contributed by atoms with Crippen LogP contribution in [-0.2, 0) is 11.2 Å². The van der Waals surface area contributed by atoms with Crippen molar-refractivity contribution in [1.29, 1.82) is 0 Å². The van der Waals surface area contributed by atoms with Crippen LogP contribution in [0.5, 0.6) is 0 Å². The third kappa shape index (κ3) is 2.91. The van der Waals surface area contributed by atoms with Gasteiger partial charge in [0.1, 0.15) is 5.01 Å². The van der Waals surface area contributed by atoms with Crippen LogP contribution < -0.4 is 21.1 Å². The maximum Gasteiger partial charge on any atom is 0.231 e. The van der Waals surface area contributed by atoms with Crippen molar-refractivity contribution in [1.82, 2.24) is 21.0 Å². The van der Waals surface area contributed by atoms with Crippen LogP contribution in [0.1, 0.15) is 18.4 Å². The van der Waals surface area contributed by atoms with Gasteiger partial charge < -0.3 is 10.2 Å². The maximum atomic E-state index is 12.1. The molecule has 3 aliphatic rings. The molecule has 7 nitrogen and oxygen atoms in total. The van der Waals surface area contributed by atoms with E-state index in [1.165, 1.54) is 11.3 Å². The number of nitrogens with zero attached hydrogens (tertiary/aromatic N) is 3. The lowest BCUT2D eigenvalue weighted by Gasteiger charge is -2.35. The molecule has 2 fully saturated rings. The number of aromatic nitrogens is 2. The fourth-order valence-electron chi connectivity index (χ4n) is 4.37. The van der Waals surface area contributed by atoms with Gasteiger partial charge in [-0.05, 0) is 24.5 Å². The first-order valence-electron chi connectivity index (χ1n) is 9.23. The molecule has 3 heterocycles. The van der Waals surface area contributed by atoms with Gasteiger partial charge in [-0.2, -0.15) is 0 Å². The van der Waals surface area contributed by atoms with Crippen LogP contribution in [0.25, 0.3) is 10.6 Å². The van der Waals surface area contributed by atoms with Crippen LogP contribution in [0.2, 0.25) is 0 Å². The number of rotatable bonds is 3. The van der Waals surface area contributed by atoms with E-state index in [-0.39, 0.29) is 17.3 Å². The molecule has 0 spiro atoms. The van der Waals surface area contributed by atoms with E-state index in [2.05, 4.69) is 26.4 Å². The number of carbonyl (C=O) groups is 1. The molecule has 3 N–H and O–H groups in total. The van der Waals surface area contributed by atoms with E-state index in [4.69, 9.17) is 11.6 Å². The van der Waals surface area contributed by atoms with Crippen molar-refractivity contribution >= 4 is 39.7 Å². The summed E-state index contributed by atoms with van der Waals surface area (Å²) in [4.78, 5) is 13.8. The summed E-state index contributed by atoms with van der Waals surface area (Å²) in [7, 11) is 1.81. The van der Waals surface area contributed by atoms with Gasteiger partial charge in [-0.25, -0.2) is 0 Å². The normalized spacial score (nSPS) is 29.7. The van der Waals surface area contributed by atoms with Crippen molar-refractivity contribution in [2.24, 2.45) is 5.92 Å². The Hall–Kier alpha value is -1.74. The number of benzene rings is 1. The van der Waals surface area contributed by atoms with E-state index < -0.39 is 0 Å². The zero-order valence-electron chi connectivity index (χ0n) is 14.9. The summed E-state index contributed by atoms with van der Waals surface area (Å²) in [6.07, 6.45) is 2.50. The van der Waals surface area contributed by atoms with Gasteiger partial charge in [0.25, 0.3) is 0 Å². The Morgan fingerprint density at radius 2 is 2.22 bits per heavy atom. The summed E-state index contributed by atoms with van der Waals surface area (Å²) in [6.45, 7) is 0.899. The van der Waals surface area contributed by atoms with Gasteiger partial charge in [0.2, 0.25) is 11.0 Å². The molecule has 142 valence electrons. The van der Waals surface area contributed by atoms with Crippen molar-refractivity contribution in [3.8, 4) is 10.6 Å². The van der Waals surface area contributed by atoms with Crippen molar-refractivity contribution in [2.75, 3.05) is 23.8 Å². The monoisotopic (exact) mass is 404 g/mol. The van der Waals surface area contributed by atoms with Gasteiger partial charge in [0, 0.05) is 42.8 Å². The molecule has 2 aromatic rings. The number of alkyl halides is 1. The van der Waals surface area contributed by atoms with Crippen molar-refractivity contribution < 1.29 is 4.79 Å². The molecule has 27 heavy (non-hydrogen) atoms. The largest absolute Gasteiger partial charge is 0.356 e. The Morgan fingerprint density at radius 3 is 3.11 bits per heavy atom. The van der Waals surface area contributed by atoms with Crippen LogP contribution in [0.4, 0.5) is 10.8 Å². The minimum absolute atomic E-state index is 0.0471. The lowest BCUT2D eigenvalue weighted by atomic mass is 9.82. The van der Waals surface area contributed by atoms with Gasteiger partial charge in [0.15, 0.2) is 0 Å². The number of anilines is 2. The quantitative estimate of drug-likeness (QED) is 0.679. The van der Waals surface area contributed by atoms with Gasteiger partial charge in [-0.15, -0.1) is 21.8 Å². The van der Waals surface area contributed by atoms with Gasteiger partial charge in [-0.1, -0.05) is 23.5 Å². The number of nitrogens with one attached hydrogen (secondary N) is 3. The Morgan fingerprint density at radius 1 is 1.33 bits per heavy atom. The van der Waals surface area contributed by atoms with Gasteiger partial charge >= 0.3 is 0 Å². The predicted molar refractivity (Wildman–Crippen MR) is 107 cm³/mol. The first-order valence-corrected chi connectivity index (χ1v) is 10.5. The first-order chi connectivity index (χ1) is 13.1. The Bertz CT molecular complexity index is 888. The van der Waals surface area contributed by atoms with Crippen molar-refractivity contribution in [2.45, 2.75) is 36.7 Å². The van der Waals surface area contributed by atoms with E-state index in [9.17, 15) is 4.79 Å². The highest BCUT2D eigenvalue weighted by atomic mass is 35.5. The number of hydrazine groups is 1. The summed E-state index contributed by atoms with van der Waals surface area (Å²) in [6, 6.07) is 6.60. The molecule has 1 saturated heterocycles. The topological polar surface area (TPSA) is 82.2 Å². The molecule has 1 aromatic heterocycles. The van der Waals surface area contributed by atoms with Crippen LogP contribution in [0, 0.1) is 5.92 Å². The molecule has 2 aliphatic heterocycles. The highest BCUT2D eigenvalue weighted by Gasteiger charge is 2.41. The fraction of sp³-hybridized carbons (Fsp3) is 0.500. The molecule has 1 aliphatic carbocycles. The zero-order chi connectivity index (χ0) is 18.5. The SMILES string of the molecule is CN1C(=O)Cc2c(-c3nnc(NC4CCC5NNCC5C4Cl)s3)cccc21. The van der Waals surface area contributed by atoms with Crippen LogP contribution in [-0.4, -0.2) is 47.2 Å². The van der Waals surface area contributed by atoms with E-state index >= 15 is 0 Å². The van der Waals surface area contributed by atoms with E-state index in [1.807, 2.05) is 25.2 Å². The second-order valence-corrected chi connectivity index (χ2v) is 8.89. The molecule has 5 rings (SSSR count). The molecule has 4 atom stereocenters. The second kappa shape index (κ2) is 6.70. The molecule has 4 unspecified atom stereocenters. The molecular weight excluding hydrogens is 384 g/mol. The molecule has 0 radical (unpaired) electrons. The van der Waals surface area contributed by atoms with Crippen LogP contribution >= 0.6 is 22.9 Å². The van der Waals surface area contributed by atoms with Crippen LogP contribution in [0.3, 0.4) is 0 Å². The average Bonchev–Trinajstić information content (AvgIpc) is 3.38. The third-order valence-electron chi connectivity index (χ3n) is 5.90. The molecule has 0 bridgehead atoms. The third-order valence-corrected chi connectivity index (χ3v) is 7.42. The summed E-state index contributed by atoms with van der Waals surface area (Å²) in [5.41, 5.74) is 9.51. The first kappa shape index (κ1) is 17.4. The number of fused-ring (bicyclic) bond motifs is 2. The number of likely N-dealkylation sites (N-methyl/N-ethyl adjacent to an activating group) is 1. The van der Waals surface area contributed by atoms with Crippen molar-refractivity contribution in [3.05, 3.63) is 23.8 Å². The van der Waals surface area contributed by atoms with Gasteiger partial charge in [-0.3, -0.25) is 15.6 Å². The highest BCUT2D eigenvalue weighted by Crippen LogP contribution is 2.39. The molecule has 9 heteroatoms. The van der Waals surface area contributed by atoms with Gasteiger partial charge in [0.05, 0.1) is 11.8 Å². The molecular formula is C18H21ClN6OS. The number of hydrogen-bond acceptors (Lipinski definition) is 7. The van der Waals surface area contributed by atoms with E-state index in [0.29, 0.717) is 18.4 Å². The smallest absolute Gasteiger partial charge is 0.231 e.